The topological polar surface area (TPSA) is 27.6 Å². The smallest absolute Gasteiger partial charge is 0.193 e. The molecule has 18 heavy (non-hydrogen) atoms. The standard InChI is InChI=1S/C13H27N3S.HI/c1-11-6-8-16(9-7-11)12(14-4)15-10-13(2,3)17-5;/h11H,6-10H2,1-5H3,(H,14,15);1H. The van der Waals surface area contributed by atoms with E-state index < -0.39 is 0 Å². The number of aliphatic imine (C=N–C) groups is 1. The van der Waals surface area contributed by atoms with E-state index in [0.717, 1.165) is 31.5 Å². The SMILES string of the molecule is CN=C(NCC(C)(C)SC)N1CCC(C)CC1.I. The molecule has 5 heteroatoms. The predicted molar refractivity (Wildman–Crippen MR) is 94.3 cm³/mol. The average molecular weight is 385 g/mol. The lowest BCUT2D eigenvalue weighted by molar-refractivity contribution is 0.273. The van der Waals surface area contributed by atoms with Crippen molar-refractivity contribution >= 4 is 41.7 Å². The lowest BCUT2D eigenvalue weighted by Crippen LogP contribution is -2.48. The van der Waals surface area contributed by atoms with E-state index in [1.165, 1.54) is 12.8 Å². The molecule has 0 saturated carbocycles. The third-order valence-electron chi connectivity index (χ3n) is 3.52. The van der Waals surface area contributed by atoms with Crippen molar-refractivity contribution in [2.75, 3.05) is 32.9 Å². The van der Waals surface area contributed by atoms with E-state index in [0.29, 0.717) is 0 Å². The molecule has 1 aliphatic rings. The Morgan fingerprint density at radius 1 is 1.39 bits per heavy atom. The van der Waals surface area contributed by atoms with Gasteiger partial charge in [0.1, 0.15) is 0 Å². The van der Waals surface area contributed by atoms with Gasteiger partial charge >= 0.3 is 0 Å². The molecule has 1 aliphatic heterocycles. The van der Waals surface area contributed by atoms with E-state index >= 15 is 0 Å². The first kappa shape index (κ1) is 18.4. The van der Waals surface area contributed by atoms with Crippen molar-refractivity contribution in [1.82, 2.24) is 10.2 Å². The van der Waals surface area contributed by atoms with Gasteiger partial charge in [-0.3, -0.25) is 4.99 Å². The van der Waals surface area contributed by atoms with Crippen molar-refractivity contribution in [1.29, 1.82) is 0 Å². The molecule has 0 bridgehead atoms. The highest BCUT2D eigenvalue weighted by molar-refractivity contribution is 14.0. The van der Waals surface area contributed by atoms with Gasteiger partial charge in [-0.15, -0.1) is 24.0 Å². The van der Waals surface area contributed by atoms with Crippen molar-refractivity contribution in [2.45, 2.75) is 38.4 Å². The van der Waals surface area contributed by atoms with Gasteiger partial charge in [0.25, 0.3) is 0 Å². The molecule has 1 heterocycles. The Balaban J connectivity index is 0.00000289. The largest absolute Gasteiger partial charge is 0.355 e. The number of rotatable bonds is 3. The summed E-state index contributed by atoms with van der Waals surface area (Å²) < 4.78 is 0.263. The molecule has 0 aliphatic carbocycles. The number of halogens is 1. The van der Waals surface area contributed by atoms with Gasteiger partial charge in [-0.2, -0.15) is 11.8 Å². The summed E-state index contributed by atoms with van der Waals surface area (Å²) in [4.78, 5) is 6.78. The summed E-state index contributed by atoms with van der Waals surface area (Å²) >= 11 is 1.89. The van der Waals surface area contributed by atoms with E-state index in [1.54, 1.807) is 0 Å². The number of hydrogen-bond donors (Lipinski definition) is 1. The molecular weight excluding hydrogens is 357 g/mol. The zero-order valence-corrected chi connectivity index (χ0v) is 15.5. The summed E-state index contributed by atoms with van der Waals surface area (Å²) in [6.45, 7) is 10.1. The Hall–Kier alpha value is 0.350. The van der Waals surface area contributed by atoms with Gasteiger partial charge in [0.05, 0.1) is 0 Å². The Kier molecular flexibility index (Phi) is 8.67. The zero-order chi connectivity index (χ0) is 12.9. The van der Waals surface area contributed by atoms with Gasteiger partial charge in [0.15, 0.2) is 5.96 Å². The maximum Gasteiger partial charge on any atom is 0.193 e. The van der Waals surface area contributed by atoms with Crippen LogP contribution in [0.4, 0.5) is 0 Å². The second kappa shape index (κ2) is 8.51. The molecule has 0 aromatic rings. The third-order valence-corrected chi connectivity index (χ3v) is 4.77. The van der Waals surface area contributed by atoms with E-state index in [1.807, 2.05) is 18.8 Å². The maximum absolute atomic E-state index is 4.40. The minimum atomic E-state index is 0. The van der Waals surface area contributed by atoms with Crippen LogP contribution >= 0.6 is 35.7 Å². The summed E-state index contributed by atoms with van der Waals surface area (Å²) in [6, 6.07) is 0. The Morgan fingerprint density at radius 2 is 1.94 bits per heavy atom. The van der Waals surface area contributed by atoms with Crippen LogP contribution in [0.25, 0.3) is 0 Å². The molecule has 0 amide bonds. The van der Waals surface area contributed by atoms with E-state index in [-0.39, 0.29) is 28.7 Å². The van der Waals surface area contributed by atoms with Crippen molar-refractivity contribution in [3.8, 4) is 0 Å². The van der Waals surface area contributed by atoms with Gasteiger partial charge in [0.2, 0.25) is 0 Å². The van der Waals surface area contributed by atoms with Crippen LogP contribution in [-0.2, 0) is 0 Å². The second-order valence-electron chi connectivity index (χ2n) is 5.53. The minimum Gasteiger partial charge on any atom is -0.355 e. The molecule has 0 radical (unpaired) electrons. The van der Waals surface area contributed by atoms with Crippen molar-refractivity contribution in [3.63, 3.8) is 0 Å². The number of nitrogens with zero attached hydrogens (tertiary/aromatic N) is 2. The van der Waals surface area contributed by atoms with Gasteiger partial charge in [-0.05, 0) is 38.9 Å². The Labute approximate surface area is 134 Å². The van der Waals surface area contributed by atoms with Crippen LogP contribution in [0.3, 0.4) is 0 Å². The minimum absolute atomic E-state index is 0. The first-order valence-electron chi connectivity index (χ1n) is 6.49. The third kappa shape index (κ3) is 5.99. The first-order valence-corrected chi connectivity index (χ1v) is 7.71. The van der Waals surface area contributed by atoms with Gasteiger partial charge in [-0.25, -0.2) is 0 Å². The highest BCUT2D eigenvalue weighted by atomic mass is 127. The van der Waals surface area contributed by atoms with Gasteiger partial charge in [0, 0.05) is 31.4 Å². The lowest BCUT2D eigenvalue weighted by Gasteiger charge is -2.34. The molecule has 0 unspecified atom stereocenters. The summed E-state index contributed by atoms with van der Waals surface area (Å²) in [5.41, 5.74) is 0. The van der Waals surface area contributed by atoms with Crippen molar-refractivity contribution in [3.05, 3.63) is 0 Å². The van der Waals surface area contributed by atoms with Crippen LogP contribution in [0, 0.1) is 5.92 Å². The maximum atomic E-state index is 4.40. The molecular formula is C13H28IN3S. The summed E-state index contributed by atoms with van der Waals surface area (Å²) in [7, 11) is 1.88. The van der Waals surface area contributed by atoms with Gasteiger partial charge < -0.3 is 10.2 Å². The highest BCUT2D eigenvalue weighted by Gasteiger charge is 2.21. The Morgan fingerprint density at radius 3 is 2.39 bits per heavy atom. The number of nitrogens with one attached hydrogen (secondary N) is 1. The number of likely N-dealkylation sites (tertiary alicyclic amines) is 1. The number of piperidine rings is 1. The summed E-state index contributed by atoms with van der Waals surface area (Å²) in [5.74, 6) is 1.94. The predicted octanol–water partition coefficient (Wildman–Crippen LogP) is 3.05. The van der Waals surface area contributed by atoms with Crippen molar-refractivity contribution in [2.24, 2.45) is 10.9 Å². The quantitative estimate of drug-likeness (QED) is 0.460. The molecule has 0 atom stereocenters. The fourth-order valence-corrected chi connectivity index (χ4v) is 2.13. The molecule has 0 aromatic heterocycles. The molecule has 1 saturated heterocycles. The second-order valence-corrected chi connectivity index (χ2v) is 7.05. The molecule has 1 N–H and O–H groups in total. The van der Waals surface area contributed by atoms with Crippen LogP contribution in [0.2, 0.25) is 0 Å². The van der Waals surface area contributed by atoms with E-state index in [9.17, 15) is 0 Å². The highest BCUT2D eigenvalue weighted by Crippen LogP contribution is 2.20. The fourth-order valence-electron chi connectivity index (χ4n) is 1.92. The van der Waals surface area contributed by atoms with Crippen LogP contribution in [0.1, 0.15) is 33.6 Å². The lowest BCUT2D eigenvalue weighted by atomic mass is 9.99. The molecule has 0 aromatic carbocycles. The van der Waals surface area contributed by atoms with Crippen LogP contribution < -0.4 is 5.32 Å². The van der Waals surface area contributed by atoms with E-state index in [4.69, 9.17) is 0 Å². The Bertz CT molecular complexity index is 261. The van der Waals surface area contributed by atoms with Gasteiger partial charge in [-0.1, -0.05) is 6.92 Å². The monoisotopic (exact) mass is 385 g/mol. The van der Waals surface area contributed by atoms with Crippen LogP contribution in [0.15, 0.2) is 4.99 Å². The average Bonchev–Trinajstić information content (AvgIpc) is 2.32. The number of hydrogen-bond acceptors (Lipinski definition) is 2. The fraction of sp³-hybridized carbons (Fsp3) is 0.923. The molecule has 108 valence electrons. The van der Waals surface area contributed by atoms with Crippen LogP contribution in [0.5, 0.6) is 0 Å². The first-order chi connectivity index (χ1) is 7.98. The molecule has 0 spiro atoms. The number of guanidine groups is 1. The number of thioether (sulfide) groups is 1. The van der Waals surface area contributed by atoms with Crippen molar-refractivity contribution < 1.29 is 0 Å². The van der Waals surface area contributed by atoms with E-state index in [2.05, 4.69) is 42.2 Å². The van der Waals surface area contributed by atoms with Crippen LogP contribution in [-0.4, -0.2) is 48.5 Å². The molecule has 1 rings (SSSR count). The normalized spacial score (nSPS) is 18.5. The summed E-state index contributed by atoms with van der Waals surface area (Å²) in [6.07, 6.45) is 4.73. The molecule has 3 nitrogen and oxygen atoms in total. The zero-order valence-electron chi connectivity index (χ0n) is 12.3. The summed E-state index contributed by atoms with van der Waals surface area (Å²) in [5, 5.41) is 3.50. The molecule has 1 fully saturated rings.